The Morgan fingerprint density at radius 3 is 2.36 bits per heavy atom. The Balaban J connectivity index is 1.66. The highest BCUT2D eigenvalue weighted by Gasteiger charge is 2.23. The number of hydrogen-bond donors (Lipinski definition) is 0. The van der Waals surface area contributed by atoms with Gasteiger partial charge in [-0.1, -0.05) is 35.6 Å². The monoisotopic (exact) mass is 481 g/mol. The van der Waals surface area contributed by atoms with E-state index in [2.05, 4.69) is 4.99 Å². The number of carbonyl (C=O) groups excluding carboxylic acids is 1. The van der Waals surface area contributed by atoms with Gasteiger partial charge in [-0.05, 0) is 55.5 Å². The Kier molecular flexibility index (Phi) is 6.35. The number of anilines is 1. The van der Waals surface area contributed by atoms with Crippen LogP contribution in [0.1, 0.15) is 17.3 Å². The summed E-state index contributed by atoms with van der Waals surface area (Å²) in [5.74, 6) is 0.254. The average molecular weight is 482 g/mol. The number of para-hydroxylation sites is 2. The number of nitrogens with zero attached hydrogens (tertiary/aromatic N) is 3. The van der Waals surface area contributed by atoms with Crippen LogP contribution in [0.5, 0.6) is 5.75 Å². The Morgan fingerprint density at radius 1 is 1.03 bits per heavy atom. The standard InChI is InChI=1S/C24H23N3O4S2/c1-4-27(18-9-6-5-7-10-18)33(29,30)19-15-13-17(14-16-19)23(28)25-24-26(2)22-20(31-3)11-8-12-21(22)32-24/h5-16H,4H2,1-3H3. The van der Waals surface area contributed by atoms with Gasteiger partial charge in [0.1, 0.15) is 11.3 Å². The average Bonchev–Trinajstić information content (AvgIpc) is 3.15. The smallest absolute Gasteiger partial charge is 0.279 e. The van der Waals surface area contributed by atoms with Gasteiger partial charge in [0.25, 0.3) is 15.9 Å². The maximum absolute atomic E-state index is 13.1. The highest BCUT2D eigenvalue weighted by molar-refractivity contribution is 7.92. The van der Waals surface area contributed by atoms with E-state index in [0.29, 0.717) is 21.8 Å². The SMILES string of the molecule is CCN(c1ccccc1)S(=O)(=O)c1ccc(C(=O)N=c2sc3cccc(OC)c3n2C)cc1. The molecule has 1 heterocycles. The highest BCUT2D eigenvalue weighted by atomic mass is 32.2. The Morgan fingerprint density at radius 2 is 1.73 bits per heavy atom. The van der Waals surface area contributed by atoms with E-state index >= 15 is 0 Å². The number of aromatic nitrogens is 1. The molecule has 9 heteroatoms. The number of amides is 1. The van der Waals surface area contributed by atoms with Gasteiger partial charge in [-0.15, -0.1) is 0 Å². The fourth-order valence-electron chi connectivity index (χ4n) is 3.57. The molecule has 170 valence electrons. The minimum absolute atomic E-state index is 0.113. The predicted octanol–water partition coefficient (Wildman–Crippen LogP) is 4.20. The molecule has 0 bridgehead atoms. The lowest BCUT2D eigenvalue weighted by Gasteiger charge is -2.22. The quantitative estimate of drug-likeness (QED) is 0.413. The second kappa shape index (κ2) is 9.21. The molecule has 0 N–H and O–H groups in total. The number of hydrogen-bond acceptors (Lipinski definition) is 5. The van der Waals surface area contributed by atoms with E-state index in [4.69, 9.17) is 4.74 Å². The second-order valence-corrected chi connectivity index (χ2v) is 10.1. The molecule has 33 heavy (non-hydrogen) atoms. The lowest BCUT2D eigenvalue weighted by Crippen LogP contribution is -2.30. The summed E-state index contributed by atoms with van der Waals surface area (Å²) >= 11 is 1.38. The van der Waals surface area contributed by atoms with E-state index < -0.39 is 15.9 Å². The molecule has 0 atom stereocenters. The number of methoxy groups -OCH3 is 1. The molecular weight excluding hydrogens is 458 g/mol. The third kappa shape index (κ3) is 4.29. The summed E-state index contributed by atoms with van der Waals surface area (Å²) in [5.41, 5.74) is 1.75. The Bertz CT molecular complexity index is 1470. The van der Waals surface area contributed by atoms with Crippen molar-refractivity contribution in [3.05, 3.63) is 83.2 Å². The first-order chi connectivity index (χ1) is 15.9. The third-order valence-corrected chi connectivity index (χ3v) is 8.24. The zero-order valence-electron chi connectivity index (χ0n) is 18.4. The van der Waals surface area contributed by atoms with Crippen LogP contribution >= 0.6 is 11.3 Å². The number of ether oxygens (including phenoxy) is 1. The normalized spacial score (nSPS) is 12.2. The molecule has 0 aliphatic heterocycles. The molecule has 0 spiro atoms. The molecule has 4 aromatic rings. The van der Waals surface area contributed by atoms with E-state index in [1.54, 1.807) is 38.3 Å². The zero-order valence-corrected chi connectivity index (χ0v) is 20.1. The third-order valence-electron chi connectivity index (χ3n) is 5.22. The largest absolute Gasteiger partial charge is 0.495 e. The van der Waals surface area contributed by atoms with Crippen molar-refractivity contribution < 1.29 is 17.9 Å². The van der Waals surface area contributed by atoms with Crippen molar-refractivity contribution in [3.8, 4) is 5.75 Å². The number of carbonyl (C=O) groups is 1. The van der Waals surface area contributed by atoms with Gasteiger partial charge in [-0.3, -0.25) is 9.10 Å². The van der Waals surface area contributed by atoms with Crippen LogP contribution in [0.2, 0.25) is 0 Å². The minimum Gasteiger partial charge on any atom is -0.495 e. The van der Waals surface area contributed by atoms with Crippen molar-refractivity contribution in [2.75, 3.05) is 18.0 Å². The van der Waals surface area contributed by atoms with E-state index in [9.17, 15) is 13.2 Å². The maximum atomic E-state index is 13.1. The van der Waals surface area contributed by atoms with Crippen LogP contribution < -0.4 is 13.8 Å². The topological polar surface area (TPSA) is 81.0 Å². The van der Waals surface area contributed by atoms with Crippen molar-refractivity contribution in [1.82, 2.24) is 4.57 Å². The zero-order chi connectivity index (χ0) is 23.6. The van der Waals surface area contributed by atoms with Gasteiger partial charge in [-0.25, -0.2) is 8.42 Å². The van der Waals surface area contributed by atoms with Crippen molar-refractivity contribution in [1.29, 1.82) is 0 Å². The lowest BCUT2D eigenvalue weighted by molar-refractivity contribution is 0.0998. The van der Waals surface area contributed by atoms with Gasteiger partial charge in [0.2, 0.25) is 0 Å². The fourth-order valence-corrected chi connectivity index (χ4v) is 6.08. The maximum Gasteiger partial charge on any atom is 0.279 e. The van der Waals surface area contributed by atoms with Gasteiger partial charge in [-0.2, -0.15) is 4.99 Å². The summed E-state index contributed by atoms with van der Waals surface area (Å²) in [6.45, 7) is 2.07. The van der Waals surface area contributed by atoms with Gasteiger partial charge < -0.3 is 9.30 Å². The summed E-state index contributed by atoms with van der Waals surface area (Å²) in [5, 5.41) is 0. The van der Waals surface area contributed by atoms with E-state index in [1.807, 2.05) is 35.9 Å². The van der Waals surface area contributed by atoms with E-state index in [1.165, 1.54) is 39.9 Å². The van der Waals surface area contributed by atoms with E-state index in [0.717, 1.165) is 10.2 Å². The van der Waals surface area contributed by atoms with Crippen LogP contribution in [0.25, 0.3) is 10.2 Å². The van der Waals surface area contributed by atoms with Crippen LogP contribution in [0.15, 0.2) is 82.7 Å². The number of benzene rings is 3. The van der Waals surface area contributed by atoms with E-state index in [-0.39, 0.29) is 11.4 Å². The molecule has 1 amide bonds. The molecule has 0 unspecified atom stereocenters. The summed E-state index contributed by atoms with van der Waals surface area (Å²) < 4.78 is 35.8. The lowest BCUT2D eigenvalue weighted by atomic mass is 10.2. The molecule has 1 aromatic heterocycles. The summed E-state index contributed by atoms with van der Waals surface area (Å²) in [6, 6.07) is 20.5. The van der Waals surface area contributed by atoms with Crippen LogP contribution in [-0.4, -0.2) is 32.5 Å². The Labute approximate surface area is 196 Å². The van der Waals surface area contributed by atoms with Crippen molar-refractivity contribution in [3.63, 3.8) is 0 Å². The Hall–Kier alpha value is -3.43. The molecule has 0 aliphatic carbocycles. The van der Waals surface area contributed by atoms with Crippen LogP contribution in [-0.2, 0) is 17.1 Å². The molecule has 0 saturated heterocycles. The number of thiazole rings is 1. The molecule has 3 aromatic carbocycles. The summed E-state index contributed by atoms with van der Waals surface area (Å²) in [6.07, 6.45) is 0. The van der Waals surface area contributed by atoms with Gasteiger partial charge in [0.05, 0.1) is 22.4 Å². The van der Waals surface area contributed by atoms with Crippen LogP contribution in [0.3, 0.4) is 0 Å². The number of rotatable bonds is 6. The predicted molar refractivity (Wildman–Crippen MR) is 130 cm³/mol. The molecule has 0 aliphatic rings. The van der Waals surface area contributed by atoms with Gasteiger partial charge in [0.15, 0.2) is 4.80 Å². The van der Waals surface area contributed by atoms with Crippen molar-refractivity contribution in [2.45, 2.75) is 11.8 Å². The number of fused-ring (bicyclic) bond motifs is 1. The number of aryl methyl sites for hydroxylation is 1. The molecule has 0 radical (unpaired) electrons. The summed E-state index contributed by atoms with van der Waals surface area (Å²) in [7, 11) is -0.338. The first kappa shape index (κ1) is 22.8. The molecule has 0 saturated carbocycles. The molecule has 0 fully saturated rings. The number of sulfonamides is 1. The van der Waals surface area contributed by atoms with Crippen LogP contribution in [0, 0.1) is 0 Å². The van der Waals surface area contributed by atoms with Crippen molar-refractivity contribution in [2.24, 2.45) is 12.0 Å². The van der Waals surface area contributed by atoms with Crippen molar-refractivity contribution >= 4 is 43.2 Å². The summed E-state index contributed by atoms with van der Waals surface area (Å²) in [4.78, 5) is 17.7. The molecular formula is C24H23N3O4S2. The fraction of sp³-hybridized carbons (Fsp3) is 0.167. The minimum atomic E-state index is -3.76. The molecule has 4 rings (SSSR count). The first-order valence-electron chi connectivity index (χ1n) is 10.3. The second-order valence-electron chi connectivity index (χ2n) is 7.20. The highest BCUT2D eigenvalue weighted by Crippen LogP contribution is 2.27. The van der Waals surface area contributed by atoms with Gasteiger partial charge in [0, 0.05) is 19.2 Å². The van der Waals surface area contributed by atoms with Crippen LogP contribution in [0.4, 0.5) is 5.69 Å². The van der Waals surface area contributed by atoms with Gasteiger partial charge >= 0.3 is 0 Å². The molecule has 7 nitrogen and oxygen atoms in total. The first-order valence-corrected chi connectivity index (χ1v) is 12.5.